The number of carbonyl (C=O) groups is 1. The smallest absolute Gasteiger partial charge is 0.410 e. The molecule has 2 aliphatic heterocycles. The van der Waals surface area contributed by atoms with Gasteiger partial charge in [-0.15, -0.1) is 5.10 Å². The first kappa shape index (κ1) is 26.4. The number of piperidine rings is 1. The van der Waals surface area contributed by atoms with Gasteiger partial charge in [-0.1, -0.05) is 11.3 Å². The van der Waals surface area contributed by atoms with Crippen molar-refractivity contribution in [2.24, 2.45) is 7.05 Å². The average Bonchev–Trinajstić information content (AvgIpc) is 3.16. The highest BCUT2D eigenvalue weighted by Crippen LogP contribution is 2.38. The van der Waals surface area contributed by atoms with Crippen molar-refractivity contribution in [3.8, 4) is 11.4 Å². The largest absolute Gasteiger partial charge is 0.444 e. The quantitative estimate of drug-likeness (QED) is 0.585. The molecule has 2 unspecified atom stereocenters. The average molecular weight is 508 g/mol. The van der Waals surface area contributed by atoms with Crippen LogP contribution in [-0.4, -0.2) is 68.5 Å². The molecule has 0 aromatic carbocycles. The Morgan fingerprint density at radius 3 is 2.72 bits per heavy atom. The van der Waals surface area contributed by atoms with E-state index in [1.807, 2.05) is 0 Å². The Morgan fingerprint density at radius 2 is 2.06 bits per heavy atom. The molecule has 198 valence electrons. The highest BCUT2D eigenvalue weighted by atomic mass is 19.3. The zero-order valence-electron chi connectivity index (χ0n) is 21.6. The maximum Gasteiger partial charge on any atom is 0.410 e. The summed E-state index contributed by atoms with van der Waals surface area (Å²) in [5, 5.41) is 8.39. The van der Waals surface area contributed by atoms with E-state index >= 15 is 0 Å². The summed E-state index contributed by atoms with van der Waals surface area (Å²) in [5.41, 5.74) is 2.42. The summed E-state index contributed by atoms with van der Waals surface area (Å²) in [6, 6.07) is 3.55. The van der Waals surface area contributed by atoms with Gasteiger partial charge < -0.3 is 19.1 Å². The van der Waals surface area contributed by atoms with Crippen molar-refractivity contribution in [3.05, 3.63) is 29.1 Å². The van der Waals surface area contributed by atoms with Crippen LogP contribution in [0, 0.1) is 6.92 Å². The fraction of sp³-hybridized carbons (Fsp3) is 0.680. The molecule has 11 heteroatoms. The third-order valence-electron chi connectivity index (χ3n) is 6.36. The van der Waals surface area contributed by atoms with Gasteiger partial charge in [0.05, 0.1) is 24.5 Å². The molecule has 9 nitrogen and oxygen atoms in total. The molecule has 0 spiro atoms. The number of hydrogen-bond acceptors (Lipinski definition) is 7. The normalized spacial score (nSPS) is 22.5. The molecule has 36 heavy (non-hydrogen) atoms. The van der Waals surface area contributed by atoms with Crippen molar-refractivity contribution < 1.29 is 27.8 Å². The van der Waals surface area contributed by atoms with Crippen LogP contribution in [-0.2, 0) is 27.9 Å². The molecule has 0 saturated carbocycles. The van der Waals surface area contributed by atoms with Crippen molar-refractivity contribution in [3.63, 3.8) is 0 Å². The summed E-state index contributed by atoms with van der Waals surface area (Å²) < 4.78 is 47.8. The Labute approximate surface area is 210 Å². The Balaban J connectivity index is 1.52. The third kappa shape index (κ3) is 6.36. The van der Waals surface area contributed by atoms with E-state index in [0.717, 1.165) is 29.9 Å². The van der Waals surface area contributed by atoms with Gasteiger partial charge in [-0.05, 0) is 58.6 Å². The lowest BCUT2D eigenvalue weighted by atomic mass is 9.87. The van der Waals surface area contributed by atoms with Gasteiger partial charge in [0.2, 0.25) is 0 Å². The third-order valence-corrected chi connectivity index (χ3v) is 6.36. The Kier molecular flexibility index (Phi) is 7.61. The summed E-state index contributed by atoms with van der Waals surface area (Å²) >= 11 is 0. The van der Waals surface area contributed by atoms with E-state index in [0.29, 0.717) is 29.3 Å². The summed E-state index contributed by atoms with van der Waals surface area (Å²) in [5.74, 6) is -3.60. The lowest BCUT2D eigenvalue weighted by molar-refractivity contribution is -0.169. The minimum Gasteiger partial charge on any atom is -0.444 e. The Morgan fingerprint density at radius 1 is 1.28 bits per heavy atom. The van der Waals surface area contributed by atoms with Crippen LogP contribution in [0.3, 0.4) is 0 Å². The van der Waals surface area contributed by atoms with Crippen LogP contribution in [0.4, 0.5) is 13.6 Å². The van der Waals surface area contributed by atoms with Crippen LogP contribution in [0.5, 0.6) is 0 Å². The van der Waals surface area contributed by atoms with Gasteiger partial charge in [0.1, 0.15) is 11.3 Å². The molecule has 2 fully saturated rings. The van der Waals surface area contributed by atoms with Crippen LogP contribution < -0.4 is 0 Å². The van der Waals surface area contributed by atoms with Crippen LogP contribution in [0.1, 0.15) is 69.3 Å². The number of likely N-dealkylation sites (tertiary alicyclic amines) is 1. The standard InChI is InChI=1S/C25H35F2N5O4/c1-16-18(17-12-25(26,27)15-32(13-17)23(33)36-24(2,3)4)9-10-19(28-16)22-20(31(5)30-29-22)14-35-21-8-6-7-11-34-21/h9-10,17,21H,6-8,11-15H2,1-5H3. The van der Waals surface area contributed by atoms with Gasteiger partial charge in [0.25, 0.3) is 5.92 Å². The predicted octanol–water partition coefficient (Wildman–Crippen LogP) is 4.59. The molecule has 2 aliphatic rings. The number of pyridine rings is 1. The summed E-state index contributed by atoms with van der Waals surface area (Å²) in [6.07, 6.45) is 1.60. The van der Waals surface area contributed by atoms with E-state index in [-0.39, 0.29) is 25.9 Å². The molecular formula is C25H35F2N5O4. The molecule has 0 radical (unpaired) electrons. The van der Waals surface area contributed by atoms with Gasteiger partial charge in [-0.3, -0.25) is 4.98 Å². The fourth-order valence-electron chi connectivity index (χ4n) is 4.66. The highest BCUT2D eigenvalue weighted by Gasteiger charge is 2.44. The van der Waals surface area contributed by atoms with E-state index in [1.54, 1.807) is 51.6 Å². The number of halogens is 2. The second kappa shape index (κ2) is 10.4. The molecular weight excluding hydrogens is 472 g/mol. The predicted molar refractivity (Wildman–Crippen MR) is 127 cm³/mol. The fourth-order valence-corrected chi connectivity index (χ4v) is 4.66. The van der Waals surface area contributed by atoms with E-state index < -0.39 is 30.1 Å². The molecule has 2 saturated heterocycles. The summed E-state index contributed by atoms with van der Waals surface area (Å²) in [6.45, 7) is 7.36. The number of alkyl halides is 2. The maximum atomic E-state index is 14.6. The van der Waals surface area contributed by atoms with E-state index in [9.17, 15) is 13.6 Å². The number of carbonyl (C=O) groups excluding carboxylic acids is 1. The van der Waals surface area contributed by atoms with E-state index in [1.165, 1.54) is 0 Å². The highest BCUT2D eigenvalue weighted by molar-refractivity contribution is 5.68. The van der Waals surface area contributed by atoms with E-state index in [2.05, 4.69) is 15.3 Å². The molecule has 0 aliphatic carbocycles. The second-order valence-corrected chi connectivity index (χ2v) is 10.6. The Bertz CT molecular complexity index is 1080. The molecule has 4 rings (SSSR count). The lowest BCUT2D eigenvalue weighted by Gasteiger charge is -2.38. The molecule has 1 amide bonds. The van der Waals surface area contributed by atoms with Gasteiger partial charge in [0, 0.05) is 38.2 Å². The van der Waals surface area contributed by atoms with Crippen LogP contribution in [0.25, 0.3) is 11.4 Å². The molecule has 4 heterocycles. The molecule has 2 aromatic heterocycles. The van der Waals surface area contributed by atoms with Gasteiger partial charge >= 0.3 is 6.09 Å². The zero-order chi connectivity index (χ0) is 26.1. The second-order valence-electron chi connectivity index (χ2n) is 10.6. The van der Waals surface area contributed by atoms with E-state index in [4.69, 9.17) is 14.2 Å². The lowest BCUT2D eigenvalue weighted by Crippen LogP contribution is -2.50. The molecule has 2 aromatic rings. The monoisotopic (exact) mass is 507 g/mol. The van der Waals surface area contributed by atoms with Gasteiger partial charge in [-0.2, -0.15) is 0 Å². The van der Waals surface area contributed by atoms with Crippen molar-refractivity contribution in [1.29, 1.82) is 0 Å². The molecule has 2 atom stereocenters. The van der Waals surface area contributed by atoms with Crippen LogP contribution >= 0.6 is 0 Å². The van der Waals surface area contributed by atoms with Crippen LogP contribution in [0.15, 0.2) is 12.1 Å². The van der Waals surface area contributed by atoms with Crippen LogP contribution in [0.2, 0.25) is 0 Å². The first-order chi connectivity index (χ1) is 16.9. The topological polar surface area (TPSA) is 91.6 Å². The number of hydrogen-bond donors (Lipinski definition) is 0. The van der Waals surface area contributed by atoms with Crippen molar-refractivity contribution in [1.82, 2.24) is 24.9 Å². The maximum absolute atomic E-state index is 14.6. The van der Waals surface area contributed by atoms with Gasteiger partial charge in [0.15, 0.2) is 6.29 Å². The number of aromatic nitrogens is 4. The van der Waals surface area contributed by atoms with Crippen molar-refractivity contribution >= 4 is 6.09 Å². The Hall–Kier alpha value is -2.66. The number of amides is 1. The minimum atomic E-state index is -3.03. The molecule has 0 N–H and O–H groups in total. The van der Waals surface area contributed by atoms with Crippen molar-refractivity contribution in [2.75, 3.05) is 19.7 Å². The minimum absolute atomic E-state index is 0.137. The number of ether oxygens (including phenoxy) is 3. The summed E-state index contributed by atoms with van der Waals surface area (Å²) in [7, 11) is 1.79. The number of aryl methyl sites for hydroxylation is 2. The SMILES string of the molecule is Cc1nc(-c2nnn(C)c2COC2CCCCO2)ccc1C1CN(C(=O)OC(C)(C)C)CC(F)(F)C1. The summed E-state index contributed by atoms with van der Waals surface area (Å²) in [4.78, 5) is 18.3. The molecule has 0 bridgehead atoms. The van der Waals surface area contributed by atoms with Crippen molar-refractivity contribution in [2.45, 2.75) is 83.7 Å². The number of nitrogens with zero attached hydrogens (tertiary/aromatic N) is 5. The first-order valence-corrected chi connectivity index (χ1v) is 12.4. The first-order valence-electron chi connectivity index (χ1n) is 12.4. The zero-order valence-corrected chi connectivity index (χ0v) is 21.6. The number of rotatable bonds is 5. The van der Waals surface area contributed by atoms with Gasteiger partial charge in [-0.25, -0.2) is 18.3 Å².